The summed E-state index contributed by atoms with van der Waals surface area (Å²) in [4.78, 5) is 0. The summed E-state index contributed by atoms with van der Waals surface area (Å²) in [6.07, 6.45) is 0. The molecular weight excluding hydrogens is 309 g/mol. The summed E-state index contributed by atoms with van der Waals surface area (Å²) in [7, 11) is 0. The maximum absolute atomic E-state index is 6.28. The second-order valence-electron chi connectivity index (χ2n) is 4.52. The van der Waals surface area contributed by atoms with E-state index in [0.717, 1.165) is 5.56 Å². The van der Waals surface area contributed by atoms with Gasteiger partial charge in [0.1, 0.15) is 0 Å². The number of tetrazole rings is 1. The van der Waals surface area contributed by atoms with Crippen LogP contribution in [0.5, 0.6) is 0 Å². The Morgan fingerprint density at radius 1 is 1.05 bits per heavy atom. The van der Waals surface area contributed by atoms with Gasteiger partial charge in [-0.3, -0.25) is 0 Å². The highest BCUT2D eigenvalue weighted by molar-refractivity contribution is 6.34. The minimum Gasteiger partial charge on any atom is -0.398 e. The number of anilines is 1. The first-order valence-corrected chi connectivity index (χ1v) is 6.93. The zero-order chi connectivity index (χ0) is 15.0. The molecule has 5 nitrogen and oxygen atoms in total. The Balaban J connectivity index is 2.28. The molecule has 21 heavy (non-hydrogen) atoms. The molecule has 3 aromatic rings. The fraction of sp³-hybridized carbons (Fsp3) is 0.0714. The third-order valence-electron chi connectivity index (χ3n) is 3.14. The second-order valence-corrected chi connectivity index (χ2v) is 5.34. The first kappa shape index (κ1) is 13.9. The normalized spacial score (nSPS) is 10.8. The maximum Gasteiger partial charge on any atom is 0.190 e. The summed E-state index contributed by atoms with van der Waals surface area (Å²) in [5.74, 6) is 0.453. The van der Waals surface area contributed by atoms with E-state index in [4.69, 9.17) is 28.9 Å². The lowest BCUT2D eigenvalue weighted by Crippen LogP contribution is -2.04. The molecule has 0 aliphatic rings. The number of nitrogens with two attached hydrogens (primary N) is 1. The Kier molecular flexibility index (Phi) is 3.53. The van der Waals surface area contributed by atoms with E-state index in [-0.39, 0.29) is 0 Å². The number of benzene rings is 2. The molecule has 0 unspecified atom stereocenters. The zero-order valence-electron chi connectivity index (χ0n) is 11.1. The average Bonchev–Trinajstić information content (AvgIpc) is 2.87. The van der Waals surface area contributed by atoms with E-state index in [2.05, 4.69) is 15.5 Å². The van der Waals surface area contributed by atoms with Gasteiger partial charge in [-0.15, -0.1) is 5.10 Å². The molecule has 3 rings (SSSR count). The van der Waals surface area contributed by atoms with Crippen molar-refractivity contribution in [2.24, 2.45) is 0 Å². The average molecular weight is 320 g/mol. The summed E-state index contributed by atoms with van der Waals surface area (Å²) in [5, 5.41) is 12.8. The van der Waals surface area contributed by atoms with E-state index in [1.165, 1.54) is 0 Å². The molecule has 2 aromatic carbocycles. The van der Waals surface area contributed by atoms with Crippen LogP contribution in [0.25, 0.3) is 17.1 Å². The van der Waals surface area contributed by atoms with E-state index in [1.54, 1.807) is 28.9 Å². The van der Waals surface area contributed by atoms with Crippen LogP contribution in [0.1, 0.15) is 5.56 Å². The third kappa shape index (κ3) is 2.34. The van der Waals surface area contributed by atoms with Crippen LogP contribution in [0.15, 0.2) is 36.4 Å². The highest BCUT2D eigenvalue weighted by Crippen LogP contribution is 2.34. The molecule has 0 aliphatic heterocycles. The maximum atomic E-state index is 6.28. The Morgan fingerprint density at radius 2 is 1.76 bits per heavy atom. The van der Waals surface area contributed by atoms with Crippen molar-refractivity contribution in [1.82, 2.24) is 20.2 Å². The number of aryl methyl sites for hydroxylation is 1. The molecule has 1 aromatic heterocycles. The molecule has 0 atom stereocenters. The highest BCUT2D eigenvalue weighted by atomic mass is 35.5. The van der Waals surface area contributed by atoms with Crippen LogP contribution in [0.3, 0.4) is 0 Å². The minimum atomic E-state index is 0.453. The van der Waals surface area contributed by atoms with Gasteiger partial charge in [0.25, 0.3) is 0 Å². The number of nitrogens with zero attached hydrogens (tertiary/aromatic N) is 4. The van der Waals surface area contributed by atoms with Crippen LogP contribution in [-0.2, 0) is 0 Å². The van der Waals surface area contributed by atoms with Crippen molar-refractivity contribution in [1.29, 1.82) is 0 Å². The Labute approximate surface area is 131 Å². The summed E-state index contributed by atoms with van der Waals surface area (Å²) >= 11 is 12.5. The lowest BCUT2D eigenvalue weighted by molar-refractivity contribution is 0.787. The van der Waals surface area contributed by atoms with Crippen molar-refractivity contribution >= 4 is 28.9 Å². The van der Waals surface area contributed by atoms with Gasteiger partial charge in [0.15, 0.2) is 5.82 Å². The van der Waals surface area contributed by atoms with Crippen molar-refractivity contribution in [2.75, 3.05) is 5.73 Å². The standard InChI is InChI=1S/C14H11Cl2N5/c1-8-4-2-6-10(16)13(8)21-14(18-19-20-21)12-9(15)5-3-7-11(12)17/h2-7H,17H2,1H3. The van der Waals surface area contributed by atoms with E-state index >= 15 is 0 Å². The molecular formula is C14H11Cl2N5. The van der Waals surface area contributed by atoms with Gasteiger partial charge in [0.05, 0.1) is 21.3 Å². The molecule has 2 N–H and O–H groups in total. The van der Waals surface area contributed by atoms with Crippen LogP contribution in [-0.4, -0.2) is 20.2 Å². The molecule has 0 radical (unpaired) electrons. The Hall–Kier alpha value is -2.11. The number of halogens is 2. The second kappa shape index (κ2) is 5.35. The molecule has 0 spiro atoms. The number of rotatable bonds is 2. The third-order valence-corrected chi connectivity index (χ3v) is 3.76. The van der Waals surface area contributed by atoms with Crippen LogP contribution in [0.2, 0.25) is 10.0 Å². The number of para-hydroxylation sites is 1. The lowest BCUT2D eigenvalue weighted by atomic mass is 10.1. The van der Waals surface area contributed by atoms with Gasteiger partial charge >= 0.3 is 0 Å². The zero-order valence-corrected chi connectivity index (χ0v) is 12.6. The Morgan fingerprint density at radius 3 is 2.48 bits per heavy atom. The summed E-state index contributed by atoms with van der Waals surface area (Å²) < 4.78 is 1.55. The van der Waals surface area contributed by atoms with Crippen molar-refractivity contribution in [3.8, 4) is 17.1 Å². The summed E-state index contributed by atoms with van der Waals surface area (Å²) in [5.41, 5.74) is 8.75. The van der Waals surface area contributed by atoms with Gasteiger partial charge in [0, 0.05) is 5.69 Å². The first-order chi connectivity index (χ1) is 10.1. The Bertz CT molecular complexity index is 706. The van der Waals surface area contributed by atoms with Gasteiger partial charge in [-0.05, 0) is 41.1 Å². The predicted molar refractivity (Wildman–Crippen MR) is 83.8 cm³/mol. The lowest BCUT2D eigenvalue weighted by Gasteiger charge is -2.11. The SMILES string of the molecule is Cc1cccc(Cl)c1-n1nnnc1-c1c(N)cccc1Cl. The molecule has 1 heterocycles. The molecule has 0 aliphatic carbocycles. The fourth-order valence-electron chi connectivity index (χ4n) is 2.16. The number of hydrogen-bond donors (Lipinski definition) is 1. The van der Waals surface area contributed by atoms with Crippen molar-refractivity contribution in [3.05, 3.63) is 52.0 Å². The van der Waals surface area contributed by atoms with Crippen LogP contribution in [0.4, 0.5) is 5.69 Å². The van der Waals surface area contributed by atoms with E-state index in [0.29, 0.717) is 32.8 Å². The summed E-state index contributed by atoms with van der Waals surface area (Å²) in [6.45, 7) is 1.93. The van der Waals surface area contributed by atoms with Gasteiger partial charge in [-0.25, -0.2) is 0 Å². The largest absolute Gasteiger partial charge is 0.398 e. The minimum absolute atomic E-state index is 0.453. The highest BCUT2D eigenvalue weighted by Gasteiger charge is 2.19. The molecule has 106 valence electrons. The van der Waals surface area contributed by atoms with E-state index in [1.807, 2.05) is 19.1 Å². The van der Waals surface area contributed by atoms with Gasteiger partial charge in [0.2, 0.25) is 0 Å². The van der Waals surface area contributed by atoms with E-state index < -0.39 is 0 Å². The fourth-order valence-corrected chi connectivity index (χ4v) is 2.73. The number of aromatic nitrogens is 4. The first-order valence-electron chi connectivity index (χ1n) is 6.18. The van der Waals surface area contributed by atoms with Crippen molar-refractivity contribution in [3.63, 3.8) is 0 Å². The topological polar surface area (TPSA) is 69.6 Å². The number of hydrogen-bond acceptors (Lipinski definition) is 4. The van der Waals surface area contributed by atoms with Crippen molar-refractivity contribution < 1.29 is 0 Å². The number of nitrogen functional groups attached to an aromatic ring is 1. The van der Waals surface area contributed by atoms with Crippen LogP contribution < -0.4 is 5.73 Å². The van der Waals surface area contributed by atoms with Gasteiger partial charge in [-0.2, -0.15) is 4.68 Å². The molecule has 7 heteroatoms. The molecule has 0 amide bonds. The molecule has 0 saturated carbocycles. The molecule has 0 saturated heterocycles. The van der Waals surface area contributed by atoms with E-state index in [9.17, 15) is 0 Å². The quantitative estimate of drug-likeness (QED) is 0.733. The van der Waals surface area contributed by atoms with Crippen molar-refractivity contribution in [2.45, 2.75) is 6.92 Å². The monoisotopic (exact) mass is 319 g/mol. The van der Waals surface area contributed by atoms with Gasteiger partial charge in [-0.1, -0.05) is 41.4 Å². The molecule has 0 fully saturated rings. The van der Waals surface area contributed by atoms with Crippen LogP contribution in [0, 0.1) is 6.92 Å². The predicted octanol–water partition coefficient (Wildman–Crippen LogP) is 3.53. The smallest absolute Gasteiger partial charge is 0.190 e. The van der Waals surface area contributed by atoms with Gasteiger partial charge < -0.3 is 5.73 Å². The molecule has 0 bridgehead atoms. The van der Waals surface area contributed by atoms with Crippen LogP contribution >= 0.6 is 23.2 Å². The summed E-state index contributed by atoms with van der Waals surface area (Å²) in [6, 6.07) is 10.9.